The van der Waals surface area contributed by atoms with Crippen LogP contribution in [0.2, 0.25) is 0 Å². The summed E-state index contributed by atoms with van der Waals surface area (Å²) in [5.41, 5.74) is 0. The SMILES string of the molecule is O=C1NC2CCCC[C@@H]2NC1=O. The molecule has 2 amide bonds. The van der Waals surface area contributed by atoms with Crippen molar-refractivity contribution < 1.29 is 9.59 Å². The van der Waals surface area contributed by atoms with E-state index in [0.717, 1.165) is 25.7 Å². The Bertz CT molecular complexity index is 203. The lowest BCUT2D eigenvalue weighted by molar-refractivity contribution is -0.143. The molecular formula is C8H12N2O2. The maximum atomic E-state index is 10.9. The van der Waals surface area contributed by atoms with Crippen LogP contribution < -0.4 is 10.6 Å². The van der Waals surface area contributed by atoms with Gasteiger partial charge in [0.25, 0.3) is 0 Å². The molecule has 2 fully saturated rings. The molecular weight excluding hydrogens is 156 g/mol. The van der Waals surface area contributed by atoms with E-state index < -0.39 is 11.8 Å². The first-order chi connectivity index (χ1) is 5.77. The van der Waals surface area contributed by atoms with Gasteiger partial charge in [0.2, 0.25) is 0 Å². The van der Waals surface area contributed by atoms with E-state index in [1.54, 1.807) is 0 Å². The number of fused-ring (bicyclic) bond motifs is 1. The summed E-state index contributed by atoms with van der Waals surface area (Å²) in [6.45, 7) is 0. The van der Waals surface area contributed by atoms with Gasteiger partial charge in [-0.1, -0.05) is 12.8 Å². The van der Waals surface area contributed by atoms with Crippen molar-refractivity contribution in [1.82, 2.24) is 10.6 Å². The molecule has 1 saturated heterocycles. The van der Waals surface area contributed by atoms with Gasteiger partial charge in [0, 0.05) is 12.1 Å². The second kappa shape index (κ2) is 2.77. The molecule has 4 nitrogen and oxygen atoms in total. The molecule has 1 heterocycles. The Morgan fingerprint density at radius 3 is 1.75 bits per heavy atom. The third kappa shape index (κ3) is 1.17. The van der Waals surface area contributed by atoms with Crippen molar-refractivity contribution in [2.75, 3.05) is 0 Å². The van der Waals surface area contributed by atoms with Gasteiger partial charge in [-0.3, -0.25) is 9.59 Å². The first kappa shape index (κ1) is 7.58. The highest BCUT2D eigenvalue weighted by Crippen LogP contribution is 2.20. The highest BCUT2D eigenvalue weighted by atomic mass is 16.2. The van der Waals surface area contributed by atoms with E-state index in [-0.39, 0.29) is 12.1 Å². The van der Waals surface area contributed by atoms with Gasteiger partial charge in [0.05, 0.1) is 0 Å². The molecule has 0 aromatic heterocycles. The number of piperazine rings is 1. The van der Waals surface area contributed by atoms with Crippen molar-refractivity contribution in [3.8, 4) is 0 Å². The van der Waals surface area contributed by atoms with E-state index in [0.29, 0.717) is 0 Å². The normalized spacial score (nSPS) is 35.0. The Kier molecular flexibility index (Phi) is 1.75. The van der Waals surface area contributed by atoms with Crippen LogP contribution in [0.15, 0.2) is 0 Å². The number of carbonyl (C=O) groups is 2. The molecule has 66 valence electrons. The number of amides is 2. The van der Waals surface area contributed by atoms with Crippen LogP contribution in [-0.2, 0) is 9.59 Å². The summed E-state index contributed by atoms with van der Waals surface area (Å²) >= 11 is 0. The Morgan fingerprint density at radius 1 is 0.917 bits per heavy atom. The van der Waals surface area contributed by atoms with Crippen LogP contribution in [0, 0.1) is 0 Å². The Morgan fingerprint density at radius 2 is 1.33 bits per heavy atom. The predicted octanol–water partition coefficient (Wildman–Crippen LogP) is -0.456. The summed E-state index contributed by atoms with van der Waals surface area (Å²) in [6.07, 6.45) is 4.29. The van der Waals surface area contributed by atoms with Crippen molar-refractivity contribution in [2.45, 2.75) is 37.8 Å². The minimum Gasteiger partial charge on any atom is -0.343 e. The molecule has 0 radical (unpaired) electrons. The Balaban J connectivity index is 2.07. The third-order valence-electron chi connectivity index (χ3n) is 2.61. The predicted molar refractivity (Wildman–Crippen MR) is 42.3 cm³/mol. The zero-order valence-corrected chi connectivity index (χ0v) is 6.80. The van der Waals surface area contributed by atoms with E-state index in [4.69, 9.17) is 0 Å². The second-order valence-electron chi connectivity index (χ2n) is 3.44. The summed E-state index contributed by atoms with van der Waals surface area (Å²) in [7, 11) is 0. The molecule has 0 aromatic carbocycles. The van der Waals surface area contributed by atoms with Gasteiger partial charge in [0.1, 0.15) is 0 Å². The molecule has 4 heteroatoms. The molecule has 1 unspecified atom stereocenters. The molecule has 0 bridgehead atoms. The van der Waals surface area contributed by atoms with E-state index in [1.807, 2.05) is 0 Å². The van der Waals surface area contributed by atoms with Crippen molar-refractivity contribution in [3.05, 3.63) is 0 Å². The van der Waals surface area contributed by atoms with Gasteiger partial charge < -0.3 is 10.6 Å². The maximum Gasteiger partial charge on any atom is 0.309 e. The largest absolute Gasteiger partial charge is 0.343 e. The van der Waals surface area contributed by atoms with Gasteiger partial charge in [-0.25, -0.2) is 0 Å². The summed E-state index contributed by atoms with van der Waals surface area (Å²) in [6, 6.07) is 0.368. The lowest BCUT2D eigenvalue weighted by atomic mass is 9.89. The van der Waals surface area contributed by atoms with Crippen LogP contribution in [0.5, 0.6) is 0 Å². The monoisotopic (exact) mass is 168 g/mol. The van der Waals surface area contributed by atoms with Gasteiger partial charge >= 0.3 is 11.8 Å². The summed E-state index contributed by atoms with van der Waals surface area (Å²) < 4.78 is 0. The minimum absolute atomic E-state index is 0.184. The number of hydrogen-bond donors (Lipinski definition) is 2. The van der Waals surface area contributed by atoms with Gasteiger partial charge in [-0.15, -0.1) is 0 Å². The molecule has 0 spiro atoms. The van der Waals surface area contributed by atoms with Crippen LogP contribution in [-0.4, -0.2) is 23.9 Å². The zero-order valence-electron chi connectivity index (χ0n) is 6.80. The number of nitrogens with one attached hydrogen (secondary N) is 2. The average molecular weight is 168 g/mol. The summed E-state index contributed by atoms with van der Waals surface area (Å²) in [5.74, 6) is -0.948. The van der Waals surface area contributed by atoms with Crippen LogP contribution in [0.1, 0.15) is 25.7 Å². The molecule has 12 heavy (non-hydrogen) atoms. The highest BCUT2D eigenvalue weighted by molar-refractivity contribution is 6.35. The van der Waals surface area contributed by atoms with Crippen molar-refractivity contribution in [3.63, 3.8) is 0 Å². The van der Waals surface area contributed by atoms with Gasteiger partial charge in [-0.05, 0) is 12.8 Å². The topological polar surface area (TPSA) is 58.2 Å². The fourth-order valence-electron chi connectivity index (χ4n) is 1.94. The van der Waals surface area contributed by atoms with Crippen molar-refractivity contribution in [2.24, 2.45) is 0 Å². The quantitative estimate of drug-likeness (QED) is 0.481. The zero-order chi connectivity index (χ0) is 8.55. The fourth-order valence-corrected chi connectivity index (χ4v) is 1.94. The minimum atomic E-state index is -0.474. The van der Waals surface area contributed by atoms with Gasteiger partial charge in [0.15, 0.2) is 0 Å². The number of rotatable bonds is 0. The summed E-state index contributed by atoms with van der Waals surface area (Å²) in [4.78, 5) is 21.9. The second-order valence-corrected chi connectivity index (χ2v) is 3.44. The Labute approximate surface area is 70.7 Å². The molecule has 1 aliphatic heterocycles. The van der Waals surface area contributed by atoms with E-state index >= 15 is 0 Å². The van der Waals surface area contributed by atoms with E-state index in [1.165, 1.54) is 0 Å². The molecule has 0 aromatic rings. The van der Waals surface area contributed by atoms with Crippen LogP contribution in [0.4, 0.5) is 0 Å². The molecule has 2 aliphatic rings. The molecule has 2 atom stereocenters. The molecule has 1 saturated carbocycles. The molecule has 1 aliphatic carbocycles. The van der Waals surface area contributed by atoms with Crippen LogP contribution in [0.3, 0.4) is 0 Å². The van der Waals surface area contributed by atoms with Crippen molar-refractivity contribution >= 4 is 11.8 Å². The number of hydrogen-bond acceptors (Lipinski definition) is 2. The standard InChI is InChI=1S/C8H12N2O2/c11-7-8(12)10-6-4-2-1-3-5(6)9-7/h5-6H,1-4H2,(H,9,11)(H,10,12)/t5-,6?/m0/s1. The van der Waals surface area contributed by atoms with E-state index in [2.05, 4.69) is 10.6 Å². The van der Waals surface area contributed by atoms with Gasteiger partial charge in [-0.2, -0.15) is 0 Å². The average Bonchev–Trinajstić information content (AvgIpc) is 2.07. The first-order valence-corrected chi connectivity index (χ1v) is 4.39. The molecule has 2 rings (SSSR count). The first-order valence-electron chi connectivity index (χ1n) is 4.39. The maximum absolute atomic E-state index is 10.9. The fraction of sp³-hybridized carbons (Fsp3) is 0.750. The van der Waals surface area contributed by atoms with Crippen LogP contribution >= 0.6 is 0 Å². The van der Waals surface area contributed by atoms with Crippen LogP contribution in [0.25, 0.3) is 0 Å². The Hall–Kier alpha value is -1.06. The van der Waals surface area contributed by atoms with E-state index in [9.17, 15) is 9.59 Å². The lowest BCUT2D eigenvalue weighted by Gasteiger charge is -2.35. The number of carbonyl (C=O) groups excluding carboxylic acids is 2. The van der Waals surface area contributed by atoms with Crippen molar-refractivity contribution in [1.29, 1.82) is 0 Å². The lowest BCUT2D eigenvalue weighted by Crippen LogP contribution is -2.62. The molecule has 2 N–H and O–H groups in total. The summed E-state index contributed by atoms with van der Waals surface area (Å²) in [5, 5.41) is 5.43. The highest BCUT2D eigenvalue weighted by Gasteiger charge is 2.34. The third-order valence-corrected chi connectivity index (χ3v) is 2.61. The smallest absolute Gasteiger partial charge is 0.309 e.